The fourth-order valence-corrected chi connectivity index (χ4v) is 2.36. The van der Waals surface area contributed by atoms with Gasteiger partial charge in [-0.05, 0) is 25.6 Å². The van der Waals surface area contributed by atoms with E-state index in [0.717, 1.165) is 12.5 Å². The van der Waals surface area contributed by atoms with Crippen LogP contribution >= 0.6 is 0 Å². The maximum atomic E-state index is 9.38. The molecule has 0 fully saturated rings. The highest BCUT2D eigenvalue weighted by Gasteiger charge is 2.19. The van der Waals surface area contributed by atoms with E-state index >= 15 is 0 Å². The largest absolute Gasteiger partial charge is 0.432 e. The van der Waals surface area contributed by atoms with Gasteiger partial charge in [0.1, 0.15) is 0 Å². The van der Waals surface area contributed by atoms with Crippen LogP contribution < -0.4 is 5.73 Å². The second-order valence-corrected chi connectivity index (χ2v) is 7.22. The summed E-state index contributed by atoms with van der Waals surface area (Å²) < 4.78 is 0. The van der Waals surface area contributed by atoms with E-state index in [1.807, 2.05) is 20.0 Å². The van der Waals surface area contributed by atoms with E-state index in [4.69, 9.17) is 5.73 Å². The van der Waals surface area contributed by atoms with Crippen LogP contribution in [0, 0.1) is 0 Å². The molecule has 9 heavy (non-hydrogen) atoms. The third-order valence-corrected chi connectivity index (χ3v) is 2.81. The van der Waals surface area contributed by atoms with Gasteiger partial charge in [0.15, 0.2) is 8.32 Å². The molecule has 0 aromatic heterocycles. The highest BCUT2D eigenvalue weighted by atomic mass is 28.4. The Hall–Kier alpha value is 0.137. The Balaban J connectivity index is 3.47. The summed E-state index contributed by atoms with van der Waals surface area (Å²) in [5, 5.41) is 0. The highest BCUT2D eigenvalue weighted by Crippen LogP contribution is 2.08. The topological polar surface area (TPSA) is 46.2 Å². The van der Waals surface area contributed by atoms with Gasteiger partial charge < -0.3 is 10.5 Å². The molecule has 3 heteroatoms. The zero-order chi connectivity index (χ0) is 7.49. The minimum Gasteiger partial charge on any atom is -0.432 e. The van der Waals surface area contributed by atoms with Crippen molar-refractivity contribution in [1.29, 1.82) is 0 Å². The molecule has 0 aromatic rings. The standard InChI is InChI=1S/C6H17NOSi/c1-4-6(7)5-9(2,3)8/h6,8H,4-5,7H2,1-3H3. The fraction of sp³-hybridized carbons (Fsp3) is 1.00. The molecular weight excluding hydrogens is 130 g/mol. The van der Waals surface area contributed by atoms with Crippen LogP contribution in [-0.2, 0) is 0 Å². The molecule has 1 unspecified atom stereocenters. The van der Waals surface area contributed by atoms with Crippen molar-refractivity contribution in [3.63, 3.8) is 0 Å². The maximum Gasteiger partial charge on any atom is 0.184 e. The monoisotopic (exact) mass is 147 g/mol. The third kappa shape index (κ3) is 6.02. The predicted octanol–water partition coefficient (Wildman–Crippen LogP) is 0.921. The molecule has 0 aromatic carbocycles. The van der Waals surface area contributed by atoms with Gasteiger partial charge in [0, 0.05) is 6.04 Å². The molecule has 0 saturated heterocycles. The zero-order valence-electron chi connectivity index (χ0n) is 6.52. The lowest BCUT2D eigenvalue weighted by Gasteiger charge is -2.17. The fourth-order valence-electron chi connectivity index (χ4n) is 0.786. The SMILES string of the molecule is CCC(N)C[Si](C)(C)O. The third-order valence-electron chi connectivity index (χ3n) is 1.29. The molecule has 0 spiro atoms. The average molecular weight is 147 g/mol. The first-order valence-electron chi connectivity index (χ1n) is 3.43. The molecule has 1 atom stereocenters. The van der Waals surface area contributed by atoms with Gasteiger partial charge in [-0.15, -0.1) is 0 Å². The van der Waals surface area contributed by atoms with Crippen LogP contribution in [0.3, 0.4) is 0 Å². The van der Waals surface area contributed by atoms with Gasteiger partial charge >= 0.3 is 0 Å². The van der Waals surface area contributed by atoms with Crippen molar-refractivity contribution in [2.45, 2.75) is 38.5 Å². The summed E-state index contributed by atoms with van der Waals surface area (Å²) in [7, 11) is -1.87. The predicted molar refractivity (Wildman–Crippen MR) is 42.8 cm³/mol. The minimum absolute atomic E-state index is 0.205. The van der Waals surface area contributed by atoms with Gasteiger partial charge in [-0.1, -0.05) is 6.92 Å². The van der Waals surface area contributed by atoms with Crippen molar-refractivity contribution in [3.05, 3.63) is 0 Å². The van der Waals surface area contributed by atoms with Crippen molar-refractivity contribution in [2.75, 3.05) is 0 Å². The molecule has 0 rings (SSSR count). The van der Waals surface area contributed by atoms with E-state index in [0.29, 0.717) is 0 Å². The summed E-state index contributed by atoms with van der Waals surface area (Å²) in [6.45, 7) is 5.88. The average Bonchev–Trinajstić information content (AvgIpc) is 1.62. The van der Waals surface area contributed by atoms with Crippen LogP contribution in [0.1, 0.15) is 13.3 Å². The first-order valence-corrected chi connectivity index (χ1v) is 6.59. The zero-order valence-corrected chi connectivity index (χ0v) is 7.52. The summed E-state index contributed by atoms with van der Waals surface area (Å²) in [6.07, 6.45) is 0.969. The van der Waals surface area contributed by atoms with Crippen LogP contribution in [0.4, 0.5) is 0 Å². The highest BCUT2D eigenvalue weighted by molar-refractivity contribution is 6.69. The van der Waals surface area contributed by atoms with E-state index in [9.17, 15) is 4.80 Å². The van der Waals surface area contributed by atoms with Crippen LogP contribution in [0.2, 0.25) is 19.1 Å². The van der Waals surface area contributed by atoms with Crippen molar-refractivity contribution in [1.82, 2.24) is 0 Å². The molecule has 3 N–H and O–H groups in total. The van der Waals surface area contributed by atoms with Gasteiger partial charge in [0.2, 0.25) is 0 Å². The Morgan fingerprint density at radius 1 is 1.56 bits per heavy atom. The molecule has 0 aliphatic rings. The quantitative estimate of drug-likeness (QED) is 0.583. The molecular formula is C6H17NOSi. The second-order valence-electron chi connectivity index (χ2n) is 3.18. The number of hydrogen-bond acceptors (Lipinski definition) is 2. The molecule has 0 amide bonds. The Kier molecular flexibility index (Phi) is 3.39. The van der Waals surface area contributed by atoms with Crippen molar-refractivity contribution < 1.29 is 4.80 Å². The first kappa shape index (κ1) is 9.14. The molecule has 0 saturated carbocycles. The molecule has 0 radical (unpaired) electrons. The van der Waals surface area contributed by atoms with Crippen molar-refractivity contribution in [2.24, 2.45) is 5.73 Å². The van der Waals surface area contributed by atoms with Crippen LogP contribution in [-0.4, -0.2) is 19.2 Å². The summed E-state index contributed by atoms with van der Waals surface area (Å²) in [6, 6.07) is 1.03. The smallest absolute Gasteiger partial charge is 0.184 e. The molecule has 0 heterocycles. The molecule has 0 bridgehead atoms. The first-order chi connectivity index (χ1) is 3.95. The van der Waals surface area contributed by atoms with Gasteiger partial charge in [0.05, 0.1) is 0 Å². The van der Waals surface area contributed by atoms with Gasteiger partial charge in [-0.2, -0.15) is 0 Å². The number of rotatable bonds is 3. The van der Waals surface area contributed by atoms with E-state index in [1.54, 1.807) is 0 Å². The minimum atomic E-state index is -1.87. The second kappa shape index (κ2) is 3.34. The summed E-state index contributed by atoms with van der Waals surface area (Å²) >= 11 is 0. The van der Waals surface area contributed by atoms with E-state index in [-0.39, 0.29) is 6.04 Å². The van der Waals surface area contributed by atoms with Crippen LogP contribution in [0.5, 0.6) is 0 Å². The van der Waals surface area contributed by atoms with E-state index in [1.165, 1.54) is 0 Å². The van der Waals surface area contributed by atoms with Gasteiger partial charge in [-0.25, -0.2) is 0 Å². The Morgan fingerprint density at radius 2 is 2.00 bits per heavy atom. The summed E-state index contributed by atoms with van der Waals surface area (Å²) in [4.78, 5) is 9.38. The Labute approximate surface area is 58.2 Å². The maximum absolute atomic E-state index is 9.38. The van der Waals surface area contributed by atoms with Crippen LogP contribution in [0.25, 0.3) is 0 Å². The van der Waals surface area contributed by atoms with E-state index in [2.05, 4.69) is 0 Å². The molecule has 0 aliphatic heterocycles. The lowest BCUT2D eigenvalue weighted by molar-refractivity contribution is 0.530. The normalized spacial score (nSPS) is 15.7. The molecule has 2 nitrogen and oxygen atoms in total. The van der Waals surface area contributed by atoms with Gasteiger partial charge in [-0.3, -0.25) is 0 Å². The summed E-state index contributed by atoms with van der Waals surface area (Å²) in [5.74, 6) is 0. The van der Waals surface area contributed by atoms with Gasteiger partial charge in [0.25, 0.3) is 0 Å². The lowest BCUT2D eigenvalue weighted by Crippen LogP contribution is -2.34. The molecule has 0 aliphatic carbocycles. The summed E-state index contributed by atoms with van der Waals surface area (Å²) in [5.41, 5.74) is 5.63. The molecule has 56 valence electrons. The number of hydrogen-bond donors (Lipinski definition) is 2. The lowest BCUT2D eigenvalue weighted by atomic mass is 10.3. The Morgan fingerprint density at radius 3 is 2.11 bits per heavy atom. The van der Waals surface area contributed by atoms with Crippen molar-refractivity contribution >= 4 is 8.32 Å². The Bertz CT molecular complexity index is 79.6. The number of nitrogens with two attached hydrogens (primary N) is 1. The van der Waals surface area contributed by atoms with Crippen LogP contribution in [0.15, 0.2) is 0 Å². The van der Waals surface area contributed by atoms with Crippen molar-refractivity contribution in [3.8, 4) is 0 Å². The van der Waals surface area contributed by atoms with E-state index < -0.39 is 8.32 Å².